The predicted molar refractivity (Wildman–Crippen MR) is 147 cm³/mol. The number of nitro groups is 1. The van der Waals surface area contributed by atoms with Gasteiger partial charge >= 0.3 is 0 Å². The van der Waals surface area contributed by atoms with Crippen molar-refractivity contribution < 1.29 is 28.8 Å². The fourth-order valence-electron chi connectivity index (χ4n) is 4.35. The zero-order chi connectivity index (χ0) is 28.2. The molecule has 0 atom stereocenters. The fourth-order valence-corrected chi connectivity index (χ4v) is 5.19. The number of carbonyl (C=O) groups excluding carboxylic acids is 3. The van der Waals surface area contributed by atoms with Gasteiger partial charge in [0.2, 0.25) is 11.8 Å². The van der Waals surface area contributed by atoms with Crippen molar-refractivity contribution >= 4 is 40.6 Å². The maximum absolute atomic E-state index is 13.1. The minimum atomic E-state index is -0.554. The van der Waals surface area contributed by atoms with Crippen molar-refractivity contribution in [2.24, 2.45) is 0 Å². The summed E-state index contributed by atoms with van der Waals surface area (Å²) in [5.41, 5.74) is 2.69. The second kappa shape index (κ2) is 11.6. The molecule has 3 amide bonds. The van der Waals surface area contributed by atoms with Gasteiger partial charge < -0.3 is 14.4 Å². The summed E-state index contributed by atoms with van der Waals surface area (Å²) < 4.78 is 11.4. The van der Waals surface area contributed by atoms with Crippen molar-refractivity contribution in [3.63, 3.8) is 0 Å². The molecule has 1 saturated heterocycles. The maximum Gasteiger partial charge on any atom is 0.294 e. The van der Waals surface area contributed by atoms with Crippen molar-refractivity contribution in [1.29, 1.82) is 0 Å². The van der Waals surface area contributed by atoms with Gasteiger partial charge in [0, 0.05) is 25.2 Å². The van der Waals surface area contributed by atoms with Gasteiger partial charge in [-0.05, 0) is 60.0 Å². The average Bonchev–Trinajstić information content (AvgIpc) is 3.21. The van der Waals surface area contributed by atoms with E-state index < -0.39 is 16.1 Å². The van der Waals surface area contributed by atoms with E-state index in [0.29, 0.717) is 36.8 Å². The lowest BCUT2D eigenvalue weighted by atomic mass is 10.00. The number of ether oxygens (including phenoxy) is 2. The molecule has 0 unspecified atom stereocenters. The first-order valence-corrected chi connectivity index (χ1v) is 13.3. The molecule has 2 aliphatic heterocycles. The van der Waals surface area contributed by atoms with Crippen LogP contribution in [0.4, 0.5) is 10.5 Å². The monoisotopic (exact) mass is 560 g/mol. The zero-order valence-electron chi connectivity index (χ0n) is 21.4. The molecule has 0 radical (unpaired) electrons. The number of carbonyl (C=O) groups is 3. The molecule has 0 bridgehead atoms. The third-order valence-corrected chi connectivity index (χ3v) is 7.27. The molecule has 0 aliphatic carbocycles. The van der Waals surface area contributed by atoms with Gasteiger partial charge in [-0.1, -0.05) is 30.3 Å². The molecular formula is C28H24N4O7S. The van der Waals surface area contributed by atoms with Crippen LogP contribution in [0.1, 0.15) is 23.6 Å². The van der Waals surface area contributed by atoms with Crippen molar-refractivity contribution in [3.8, 4) is 17.4 Å². The van der Waals surface area contributed by atoms with Crippen LogP contribution < -0.4 is 9.47 Å². The molecule has 40 heavy (non-hydrogen) atoms. The zero-order valence-corrected chi connectivity index (χ0v) is 22.3. The Kier molecular flexibility index (Phi) is 7.78. The maximum atomic E-state index is 13.1. The number of benzene rings is 2. The molecule has 0 N–H and O–H groups in total. The molecule has 5 rings (SSSR count). The van der Waals surface area contributed by atoms with Gasteiger partial charge in [0.05, 0.1) is 16.4 Å². The highest BCUT2D eigenvalue weighted by Gasteiger charge is 2.37. The fraction of sp³-hybridized carbons (Fsp3) is 0.214. The number of thioether (sulfide) groups is 1. The van der Waals surface area contributed by atoms with Crippen molar-refractivity contribution in [3.05, 3.63) is 92.5 Å². The Labute approximate surface area is 233 Å². The smallest absolute Gasteiger partial charge is 0.294 e. The number of pyridine rings is 1. The van der Waals surface area contributed by atoms with Crippen LogP contribution in [-0.4, -0.2) is 56.5 Å². The minimum absolute atomic E-state index is 0.141. The first-order valence-electron chi connectivity index (χ1n) is 12.5. The van der Waals surface area contributed by atoms with E-state index in [1.807, 2.05) is 24.3 Å². The van der Waals surface area contributed by atoms with Crippen LogP contribution in [0.25, 0.3) is 6.08 Å². The third kappa shape index (κ3) is 5.81. The SMILES string of the molecule is CCOc1cc(/C=C2\SC(=O)N(CC(=O)N3CCc4ccccc4C3)C2=O)ccc1Oc1ccc([N+](=O)[O-])cn1. The van der Waals surface area contributed by atoms with Crippen LogP contribution in [-0.2, 0) is 22.6 Å². The first-order chi connectivity index (χ1) is 19.3. The Morgan fingerprint density at radius 2 is 1.93 bits per heavy atom. The number of nitrogens with zero attached hydrogens (tertiary/aromatic N) is 4. The molecule has 204 valence electrons. The summed E-state index contributed by atoms with van der Waals surface area (Å²) >= 11 is 0.774. The minimum Gasteiger partial charge on any atom is -0.490 e. The van der Waals surface area contributed by atoms with Crippen LogP contribution >= 0.6 is 11.8 Å². The van der Waals surface area contributed by atoms with E-state index in [0.717, 1.165) is 34.8 Å². The summed E-state index contributed by atoms with van der Waals surface area (Å²) in [7, 11) is 0. The lowest BCUT2D eigenvalue weighted by Crippen LogP contribution is -2.44. The first kappa shape index (κ1) is 26.9. The lowest BCUT2D eigenvalue weighted by Gasteiger charge is -2.29. The van der Waals surface area contributed by atoms with E-state index in [2.05, 4.69) is 4.98 Å². The van der Waals surface area contributed by atoms with E-state index in [4.69, 9.17) is 9.47 Å². The second-order valence-corrected chi connectivity index (χ2v) is 9.95. The van der Waals surface area contributed by atoms with Crippen LogP contribution in [0, 0.1) is 10.1 Å². The van der Waals surface area contributed by atoms with Crippen LogP contribution in [0.3, 0.4) is 0 Å². The quantitative estimate of drug-likeness (QED) is 0.216. The molecule has 1 aromatic heterocycles. The van der Waals surface area contributed by atoms with Gasteiger partial charge in [0.15, 0.2) is 11.5 Å². The van der Waals surface area contributed by atoms with Gasteiger partial charge in [0.25, 0.3) is 16.8 Å². The van der Waals surface area contributed by atoms with E-state index in [1.165, 1.54) is 17.7 Å². The van der Waals surface area contributed by atoms with E-state index in [-0.39, 0.29) is 28.9 Å². The highest BCUT2D eigenvalue weighted by Crippen LogP contribution is 2.36. The molecule has 2 aliphatic rings. The number of imide groups is 1. The van der Waals surface area contributed by atoms with Crippen molar-refractivity contribution in [1.82, 2.24) is 14.8 Å². The number of fused-ring (bicyclic) bond motifs is 1. The van der Waals surface area contributed by atoms with E-state index >= 15 is 0 Å². The largest absolute Gasteiger partial charge is 0.490 e. The molecule has 1 fully saturated rings. The third-order valence-electron chi connectivity index (χ3n) is 6.36. The molecular weight excluding hydrogens is 536 g/mol. The summed E-state index contributed by atoms with van der Waals surface area (Å²) in [6.07, 6.45) is 3.38. The second-order valence-electron chi connectivity index (χ2n) is 8.95. The Bertz CT molecular complexity index is 1520. The summed E-state index contributed by atoms with van der Waals surface area (Å²) in [5.74, 6) is 0.00722. The van der Waals surface area contributed by atoms with Gasteiger partial charge in [-0.3, -0.25) is 29.4 Å². The van der Waals surface area contributed by atoms with Crippen LogP contribution in [0.2, 0.25) is 0 Å². The van der Waals surface area contributed by atoms with Gasteiger partial charge in [-0.25, -0.2) is 4.98 Å². The molecule has 0 saturated carbocycles. The Morgan fingerprint density at radius 1 is 1.12 bits per heavy atom. The van der Waals surface area contributed by atoms with E-state index in [9.17, 15) is 24.5 Å². The van der Waals surface area contributed by atoms with Gasteiger partial charge in [0.1, 0.15) is 12.7 Å². The summed E-state index contributed by atoms with van der Waals surface area (Å²) in [6, 6.07) is 15.5. The van der Waals surface area contributed by atoms with Crippen LogP contribution in [0.5, 0.6) is 17.4 Å². The standard InChI is InChI=1S/C28H24N4O7S/c1-2-38-23-13-18(7-9-22(23)39-25-10-8-21(15-29-25)32(36)37)14-24-27(34)31(28(35)40-24)17-26(33)30-12-11-19-5-3-4-6-20(19)16-30/h3-10,13-15H,2,11-12,16-17H2,1H3/b24-14-. The van der Waals surface area contributed by atoms with Gasteiger partial charge in [-0.2, -0.15) is 0 Å². The molecule has 12 heteroatoms. The molecule has 3 heterocycles. The summed E-state index contributed by atoms with van der Waals surface area (Å²) in [4.78, 5) is 55.8. The Hall–Kier alpha value is -4.71. The average molecular weight is 561 g/mol. The van der Waals surface area contributed by atoms with Crippen LogP contribution in [0.15, 0.2) is 65.7 Å². The highest BCUT2D eigenvalue weighted by atomic mass is 32.2. The topological polar surface area (TPSA) is 132 Å². The molecule has 3 aromatic rings. The number of amides is 3. The molecule has 2 aromatic carbocycles. The lowest BCUT2D eigenvalue weighted by molar-refractivity contribution is -0.385. The predicted octanol–water partition coefficient (Wildman–Crippen LogP) is 4.80. The number of aromatic nitrogens is 1. The summed E-state index contributed by atoms with van der Waals surface area (Å²) in [5, 5.41) is 10.3. The number of hydrogen-bond acceptors (Lipinski definition) is 9. The van der Waals surface area contributed by atoms with E-state index in [1.54, 1.807) is 36.1 Å². The molecule has 11 nitrogen and oxygen atoms in total. The number of rotatable bonds is 8. The normalized spacial score (nSPS) is 15.8. The number of hydrogen-bond donors (Lipinski definition) is 0. The highest BCUT2D eigenvalue weighted by molar-refractivity contribution is 8.18. The van der Waals surface area contributed by atoms with Crippen molar-refractivity contribution in [2.75, 3.05) is 19.7 Å². The molecule has 0 spiro atoms. The summed E-state index contributed by atoms with van der Waals surface area (Å²) in [6.45, 7) is 2.79. The Balaban J connectivity index is 1.28. The van der Waals surface area contributed by atoms with Gasteiger partial charge in [-0.15, -0.1) is 0 Å². The Morgan fingerprint density at radius 3 is 2.65 bits per heavy atom. The van der Waals surface area contributed by atoms with Crippen molar-refractivity contribution in [2.45, 2.75) is 19.9 Å².